The van der Waals surface area contributed by atoms with Gasteiger partial charge in [0.1, 0.15) is 0 Å². The first-order valence-electron chi connectivity index (χ1n) is 4.26. The van der Waals surface area contributed by atoms with Crippen molar-refractivity contribution in [1.29, 1.82) is 5.26 Å². The highest BCUT2D eigenvalue weighted by atomic mass is 32.1. The molecular weight excluding hydrogens is 166 g/mol. The largest absolute Gasteiger partial charge is 0.198 e. The van der Waals surface area contributed by atoms with E-state index in [4.69, 9.17) is 5.26 Å². The Labute approximate surface area is 77.7 Å². The first kappa shape index (κ1) is 9.28. The predicted octanol–water partition coefficient (Wildman–Crippen LogP) is 3.33. The van der Waals surface area contributed by atoms with Crippen LogP contribution in [0, 0.1) is 11.3 Å². The first-order valence-corrected chi connectivity index (χ1v) is 5.07. The molecule has 12 heavy (non-hydrogen) atoms. The van der Waals surface area contributed by atoms with Crippen LogP contribution in [0.3, 0.4) is 0 Å². The zero-order valence-electron chi connectivity index (χ0n) is 7.50. The van der Waals surface area contributed by atoms with Gasteiger partial charge in [-0.15, -0.1) is 11.3 Å². The standard InChI is InChI=1S/C10H13NS/c1-3-4-9-5-6-10(12-9)8(2)7-11/h5-6,8H,3-4H2,1-2H3. The van der Waals surface area contributed by atoms with E-state index in [1.54, 1.807) is 11.3 Å². The number of aryl methyl sites for hydroxylation is 1. The predicted molar refractivity (Wildman–Crippen MR) is 52.3 cm³/mol. The fourth-order valence-electron chi connectivity index (χ4n) is 1.07. The molecule has 0 aliphatic rings. The highest BCUT2D eigenvalue weighted by molar-refractivity contribution is 7.12. The van der Waals surface area contributed by atoms with Crippen molar-refractivity contribution in [2.45, 2.75) is 32.6 Å². The second kappa shape index (κ2) is 4.27. The summed E-state index contributed by atoms with van der Waals surface area (Å²) >= 11 is 1.77. The van der Waals surface area contributed by atoms with Crippen LogP contribution in [0.2, 0.25) is 0 Å². The fraction of sp³-hybridized carbons (Fsp3) is 0.500. The minimum absolute atomic E-state index is 0.0561. The summed E-state index contributed by atoms with van der Waals surface area (Å²) < 4.78 is 0. The highest BCUT2D eigenvalue weighted by Crippen LogP contribution is 2.24. The van der Waals surface area contributed by atoms with Gasteiger partial charge in [-0.2, -0.15) is 5.26 Å². The number of nitriles is 1. The molecule has 1 aromatic heterocycles. The van der Waals surface area contributed by atoms with Gasteiger partial charge in [0.15, 0.2) is 0 Å². The van der Waals surface area contributed by atoms with Crippen molar-refractivity contribution in [3.05, 3.63) is 21.9 Å². The molecular formula is C10H13NS. The molecule has 1 atom stereocenters. The number of rotatable bonds is 3. The Morgan fingerprint density at radius 3 is 2.92 bits per heavy atom. The summed E-state index contributed by atoms with van der Waals surface area (Å²) in [6.07, 6.45) is 2.32. The van der Waals surface area contributed by atoms with Gasteiger partial charge in [0.2, 0.25) is 0 Å². The molecule has 0 fully saturated rings. The Hall–Kier alpha value is -0.810. The van der Waals surface area contributed by atoms with Crippen LogP contribution in [0.25, 0.3) is 0 Å². The molecule has 0 aromatic carbocycles. The molecule has 0 aliphatic heterocycles. The van der Waals surface area contributed by atoms with E-state index in [1.165, 1.54) is 16.2 Å². The molecule has 2 heteroatoms. The summed E-state index contributed by atoms with van der Waals surface area (Å²) in [6.45, 7) is 4.12. The summed E-state index contributed by atoms with van der Waals surface area (Å²) in [6, 6.07) is 6.46. The molecule has 0 saturated heterocycles. The smallest absolute Gasteiger partial charge is 0.0778 e. The number of hydrogen-bond acceptors (Lipinski definition) is 2. The van der Waals surface area contributed by atoms with Crippen LogP contribution in [0.5, 0.6) is 0 Å². The normalized spacial score (nSPS) is 12.4. The lowest BCUT2D eigenvalue weighted by molar-refractivity contribution is 0.940. The molecule has 64 valence electrons. The minimum atomic E-state index is 0.0561. The minimum Gasteiger partial charge on any atom is -0.198 e. The Morgan fingerprint density at radius 1 is 1.58 bits per heavy atom. The van der Waals surface area contributed by atoms with E-state index in [9.17, 15) is 0 Å². The molecule has 1 rings (SSSR count). The van der Waals surface area contributed by atoms with E-state index in [0.717, 1.165) is 6.42 Å². The van der Waals surface area contributed by atoms with Crippen molar-refractivity contribution < 1.29 is 0 Å². The molecule has 0 N–H and O–H groups in total. The van der Waals surface area contributed by atoms with Gasteiger partial charge in [-0.1, -0.05) is 13.3 Å². The van der Waals surface area contributed by atoms with Crippen molar-refractivity contribution in [2.75, 3.05) is 0 Å². The Bertz CT molecular complexity index is 282. The molecule has 0 spiro atoms. The second-order valence-corrected chi connectivity index (χ2v) is 4.10. The van der Waals surface area contributed by atoms with Crippen LogP contribution in [0.15, 0.2) is 12.1 Å². The van der Waals surface area contributed by atoms with Gasteiger partial charge < -0.3 is 0 Å². The number of hydrogen-bond donors (Lipinski definition) is 0. The molecule has 0 radical (unpaired) electrons. The van der Waals surface area contributed by atoms with Crippen molar-refractivity contribution in [3.8, 4) is 6.07 Å². The molecule has 1 nitrogen and oxygen atoms in total. The zero-order valence-corrected chi connectivity index (χ0v) is 8.32. The van der Waals surface area contributed by atoms with E-state index in [2.05, 4.69) is 25.1 Å². The van der Waals surface area contributed by atoms with E-state index in [1.807, 2.05) is 6.92 Å². The molecule has 0 amide bonds. The van der Waals surface area contributed by atoms with Crippen molar-refractivity contribution >= 4 is 11.3 Å². The Kier molecular flexibility index (Phi) is 3.31. The van der Waals surface area contributed by atoms with E-state index < -0.39 is 0 Å². The maximum absolute atomic E-state index is 8.68. The quantitative estimate of drug-likeness (QED) is 0.698. The maximum atomic E-state index is 8.68. The maximum Gasteiger partial charge on any atom is 0.0778 e. The first-order chi connectivity index (χ1) is 5.77. The van der Waals surface area contributed by atoms with Crippen LogP contribution < -0.4 is 0 Å². The summed E-state index contributed by atoms with van der Waals surface area (Å²) in [7, 11) is 0. The lowest BCUT2D eigenvalue weighted by Crippen LogP contribution is -1.81. The van der Waals surface area contributed by atoms with E-state index >= 15 is 0 Å². The van der Waals surface area contributed by atoms with Crippen molar-refractivity contribution in [2.24, 2.45) is 0 Å². The SMILES string of the molecule is CCCc1ccc(C(C)C#N)s1. The van der Waals surface area contributed by atoms with Gasteiger partial charge in [0.25, 0.3) is 0 Å². The van der Waals surface area contributed by atoms with Gasteiger partial charge in [-0.05, 0) is 25.5 Å². The molecule has 0 aliphatic carbocycles. The topological polar surface area (TPSA) is 23.8 Å². The van der Waals surface area contributed by atoms with Crippen LogP contribution in [0.1, 0.15) is 35.9 Å². The third kappa shape index (κ3) is 2.09. The van der Waals surface area contributed by atoms with Crippen LogP contribution in [0.4, 0.5) is 0 Å². The third-order valence-corrected chi connectivity index (χ3v) is 3.13. The van der Waals surface area contributed by atoms with Gasteiger partial charge >= 0.3 is 0 Å². The summed E-state index contributed by atoms with van der Waals surface area (Å²) in [5.74, 6) is 0.0561. The average Bonchev–Trinajstić information content (AvgIpc) is 2.52. The molecule has 0 bridgehead atoms. The molecule has 1 aromatic rings. The average molecular weight is 179 g/mol. The second-order valence-electron chi connectivity index (χ2n) is 2.90. The van der Waals surface area contributed by atoms with Gasteiger partial charge in [0, 0.05) is 9.75 Å². The summed E-state index contributed by atoms with van der Waals surface area (Å²) in [5, 5.41) is 8.68. The Morgan fingerprint density at radius 2 is 2.33 bits per heavy atom. The van der Waals surface area contributed by atoms with Gasteiger partial charge in [-0.25, -0.2) is 0 Å². The number of nitrogens with zero attached hydrogens (tertiary/aromatic N) is 1. The monoisotopic (exact) mass is 179 g/mol. The van der Waals surface area contributed by atoms with Gasteiger partial charge in [0.05, 0.1) is 12.0 Å². The zero-order chi connectivity index (χ0) is 8.97. The highest BCUT2D eigenvalue weighted by Gasteiger charge is 2.06. The lowest BCUT2D eigenvalue weighted by Gasteiger charge is -1.94. The lowest BCUT2D eigenvalue weighted by atomic mass is 10.2. The van der Waals surface area contributed by atoms with Crippen molar-refractivity contribution in [1.82, 2.24) is 0 Å². The molecule has 0 saturated carbocycles. The fourth-order valence-corrected chi connectivity index (χ4v) is 2.18. The van der Waals surface area contributed by atoms with E-state index in [0.29, 0.717) is 0 Å². The Balaban J connectivity index is 2.71. The van der Waals surface area contributed by atoms with Crippen molar-refractivity contribution in [3.63, 3.8) is 0 Å². The van der Waals surface area contributed by atoms with Crippen LogP contribution >= 0.6 is 11.3 Å². The van der Waals surface area contributed by atoms with Crippen LogP contribution in [-0.4, -0.2) is 0 Å². The van der Waals surface area contributed by atoms with Crippen LogP contribution in [-0.2, 0) is 6.42 Å². The third-order valence-electron chi connectivity index (χ3n) is 1.80. The summed E-state index contributed by atoms with van der Waals surface area (Å²) in [4.78, 5) is 2.59. The van der Waals surface area contributed by atoms with E-state index in [-0.39, 0.29) is 5.92 Å². The molecule has 1 unspecified atom stereocenters. The summed E-state index contributed by atoms with van der Waals surface area (Å²) in [5.41, 5.74) is 0. The number of thiophene rings is 1. The molecule has 1 heterocycles. The van der Waals surface area contributed by atoms with Gasteiger partial charge in [-0.3, -0.25) is 0 Å².